The summed E-state index contributed by atoms with van der Waals surface area (Å²) in [5.41, 5.74) is 2.95. The lowest BCUT2D eigenvalue weighted by Gasteiger charge is -2.25. The van der Waals surface area contributed by atoms with E-state index in [-0.39, 0.29) is 13.0 Å². The summed E-state index contributed by atoms with van der Waals surface area (Å²) in [4.78, 5) is 10.1. The summed E-state index contributed by atoms with van der Waals surface area (Å²) in [5.74, 6) is -0.981. The topological polar surface area (TPSA) is 69.6 Å². The Bertz CT molecular complexity index is 153. The molecule has 0 aromatic heterocycles. The quantitative estimate of drug-likeness (QED) is 0.373. The maximum atomic E-state index is 10.1. The molecule has 12 heavy (non-hydrogen) atoms. The van der Waals surface area contributed by atoms with Crippen LogP contribution in [-0.2, 0) is 4.79 Å². The molecule has 0 amide bonds. The molecule has 1 atom stereocenters. The first-order valence-electron chi connectivity index (χ1n) is 3.77. The van der Waals surface area contributed by atoms with E-state index in [1.807, 2.05) is 21.1 Å². The Morgan fingerprint density at radius 2 is 2.00 bits per heavy atom. The van der Waals surface area contributed by atoms with Gasteiger partial charge in [0.05, 0.1) is 40.2 Å². The first-order valence-corrected chi connectivity index (χ1v) is 3.77. The molecule has 1 unspecified atom stereocenters. The van der Waals surface area contributed by atoms with E-state index in [0.29, 0.717) is 4.59 Å². The van der Waals surface area contributed by atoms with Gasteiger partial charge in [-0.1, -0.05) is 0 Å². The highest BCUT2D eigenvalue weighted by molar-refractivity contribution is 5.67. The van der Waals surface area contributed by atoms with Crippen LogP contribution in [0, 0.1) is 0 Å². The molecule has 0 aromatic carbocycles. The van der Waals surface area contributed by atoms with Gasteiger partial charge in [0.1, 0.15) is 0 Å². The van der Waals surface area contributed by atoms with Crippen molar-refractivity contribution in [2.75, 3.05) is 27.7 Å². The zero-order chi connectivity index (χ0) is 9.78. The number of aliphatic hydroxyl groups is 1. The van der Waals surface area contributed by atoms with Gasteiger partial charge in [-0.2, -0.15) is 5.43 Å². The van der Waals surface area contributed by atoms with E-state index in [0.717, 1.165) is 0 Å². The third-order valence-electron chi connectivity index (χ3n) is 1.21. The van der Waals surface area contributed by atoms with Crippen molar-refractivity contribution in [1.82, 2.24) is 5.43 Å². The first kappa shape index (κ1) is 11.4. The predicted octanol–water partition coefficient (Wildman–Crippen LogP) is -0.967. The minimum absolute atomic E-state index is 0.215. The van der Waals surface area contributed by atoms with Crippen LogP contribution in [0.1, 0.15) is 6.42 Å². The summed E-state index contributed by atoms with van der Waals surface area (Å²) in [6.45, 7) is 0.288. The van der Waals surface area contributed by atoms with Crippen LogP contribution in [0.4, 0.5) is 0 Å². The number of carbonyl (C=O) groups is 1. The summed E-state index contributed by atoms with van der Waals surface area (Å²) in [7, 11) is 5.69. The number of quaternary nitrogens is 1. The minimum Gasteiger partial charge on any atom is -0.481 e. The van der Waals surface area contributed by atoms with Crippen molar-refractivity contribution in [2.45, 2.75) is 12.5 Å². The van der Waals surface area contributed by atoms with E-state index in [2.05, 4.69) is 5.43 Å². The lowest BCUT2D eigenvalue weighted by atomic mass is 10.2. The molecule has 5 nitrogen and oxygen atoms in total. The normalized spacial score (nSPS) is 14.3. The van der Waals surface area contributed by atoms with Crippen LogP contribution in [0.25, 0.3) is 0 Å². The number of carboxylic acid groups (broad SMARTS) is 1. The van der Waals surface area contributed by atoms with Gasteiger partial charge in [-0.05, 0) is 0 Å². The number of hydrogen-bond acceptors (Lipinski definition) is 3. The maximum Gasteiger partial charge on any atom is 0.306 e. The zero-order valence-corrected chi connectivity index (χ0v) is 7.74. The van der Waals surface area contributed by atoms with Gasteiger partial charge in [0.25, 0.3) is 0 Å². The first-order chi connectivity index (χ1) is 5.31. The molecular formula is C7H17N2O3+. The van der Waals surface area contributed by atoms with Crippen LogP contribution in [0.2, 0.25) is 0 Å². The molecular weight excluding hydrogens is 160 g/mol. The summed E-state index contributed by atoms with van der Waals surface area (Å²) < 4.78 is 0.497. The highest BCUT2D eigenvalue weighted by Crippen LogP contribution is 1.91. The molecule has 0 heterocycles. The fraction of sp³-hybridized carbons (Fsp3) is 0.857. The smallest absolute Gasteiger partial charge is 0.306 e. The maximum absolute atomic E-state index is 10.1. The summed E-state index contributed by atoms with van der Waals surface area (Å²) in [6, 6.07) is 0. The molecule has 0 bridgehead atoms. The van der Waals surface area contributed by atoms with Gasteiger partial charge in [-0.25, -0.2) is 0 Å². The predicted molar refractivity (Wildman–Crippen MR) is 44.3 cm³/mol. The lowest BCUT2D eigenvalue weighted by Crippen LogP contribution is -2.51. The molecule has 5 heteroatoms. The molecule has 3 N–H and O–H groups in total. The second-order valence-electron chi connectivity index (χ2n) is 3.63. The van der Waals surface area contributed by atoms with Crippen molar-refractivity contribution in [1.29, 1.82) is 0 Å². The Morgan fingerprint density at radius 3 is 2.33 bits per heavy atom. The Labute approximate surface area is 72.2 Å². The molecule has 72 valence electrons. The second-order valence-corrected chi connectivity index (χ2v) is 3.63. The molecule has 0 saturated carbocycles. The van der Waals surface area contributed by atoms with E-state index >= 15 is 0 Å². The van der Waals surface area contributed by atoms with E-state index in [1.54, 1.807) is 0 Å². The number of nitrogens with one attached hydrogen (secondary N) is 1. The van der Waals surface area contributed by atoms with E-state index in [1.165, 1.54) is 0 Å². The third-order valence-corrected chi connectivity index (χ3v) is 1.21. The van der Waals surface area contributed by atoms with Crippen molar-refractivity contribution in [3.05, 3.63) is 0 Å². The van der Waals surface area contributed by atoms with Gasteiger partial charge >= 0.3 is 5.97 Å². The average molecular weight is 177 g/mol. The molecule has 0 aromatic rings. The molecule has 0 saturated heterocycles. The largest absolute Gasteiger partial charge is 0.481 e. The van der Waals surface area contributed by atoms with E-state index in [9.17, 15) is 4.79 Å². The van der Waals surface area contributed by atoms with Crippen molar-refractivity contribution < 1.29 is 19.6 Å². The van der Waals surface area contributed by atoms with E-state index in [4.69, 9.17) is 10.2 Å². The van der Waals surface area contributed by atoms with Gasteiger partial charge in [-0.3, -0.25) is 9.39 Å². The fourth-order valence-electron chi connectivity index (χ4n) is 0.653. The van der Waals surface area contributed by atoms with Crippen molar-refractivity contribution in [3.63, 3.8) is 0 Å². The van der Waals surface area contributed by atoms with Crippen LogP contribution in [0.3, 0.4) is 0 Å². The van der Waals surface area contributed by atoms with Gasteiger partial charge in [0.15, 0.2) is 0 Å². The van der Waals surface area contributed by atoms with Gasteiger partial charge in [0, 0.05) is 0 Å². The molecule has 0 spiro atoms. The van der Waals surface area contributed by atoms with Gasteiger partial charge < -0.3 is 10.2 Å². The molecule has 0 radical (unpaired) electrons. The average Bonchev–Trinajstić information content (AvgIpc) is 1.80. The number of nitrogens with zero attached hydrogens (tertiary/aromatic N) is 1. The molecule has 0 aliphatic heterocycles. The van der Waals surface area contributed by atoms with Crippen LogP contribution in [-0.4, -0.2) is 54.6 Å². The Hall–Kier alpha value is -0.650. The highest BCUT2D eigenvalue weighted by atomic mass is 16.4. The lowest BCUT2D eigenvalue weighted by molar-refractivity contribution is -0.915. The second kappa shape index (κ2) is 4.39. The van der Waals surface area contributed by atoms with Crippen LogP contribution < -0.4 is 5.43 Å². The van der Waals surface area contributed by atoms with Crippen LogP contribution >= 0.6 is 0 Å². The van der Waals surface area contributed by atoms with Crippen LogP contribution in [0.15, 0.2) is 0 Å². The third kappa shape index (κ3) is 7.46. The SMILES string of the molecule is C[N+](C)(C)NCC(O)CC(=O)O. The Balaban J connectivity index is 3.57. The Kier molecular flexibility index (Phi) is 4.16. The van der Waals surface area contributed by atoms with E-state index < -0.39 is 12.1 Å². The summed E-state index contributed by atoms with van der Waals surface area (Å²) >= 11 is 0. The van der Waals surface area contributed by atoms with Crippen LogP contribution in [0.5, 0.6) is 0 Å². The fourth-order valence-corrected chi connectivity index (χ4v) is 0.653. The summed E-state index contributed by atoms with van der Waals surface area (Å²) in [5, 5.41) is 17.5. The Morgan fingerprint density at radius 1 is 1.50 bits per heavy atom. The highest BCUT2D eigenvalue weighted by Gasteiger charge is 2.13. The number of rotatable bonds is 5. The minimum atomic E-state index is -0.981. The number of carboxylic acids is 1. The number of aliphatic hydroxyl groups excluding tert-OH is 1. The van der Waals surface area contributed by atoms with Crippen molar-refractivity contribution >= 4 is 5.97 Å². The van der Waals surface area contributed by atoms with Gasteiger partial charge in [-0.15, -0.1) is 0 Å². The summed E-state index contributed by atoms with van der Waals surface area (Å²) in [6.07, 6.45) is -1.03. The standard InChI is InChI=1S/C7H16N2O3/c1-9(2,3)8-5-6(10)4-7(11)12/h6,8,10H,4-5H2,1-3H3/p+1. The molecule has 0 rings (SSSR count). The monoisotopic (exact) mass is 177 g/mol. The van der Waals surface area contributed by atoms with Gasteiger partial charge in [0.2, 0.25) is 0 Å². The number of hydrogen-bond donors (Lipinski definition) is 3. The molecule has 0 aliphatic carbocycles. The van der Waals surface area contributed by atoms with Crippen molar-refractivity contribution in [3.8, 4) is 0 Å². The molecule has 0 aliphatic rings. The zero-order valence-electron chi connectivity index (χ0n) is 7.74. The van der Waals surface area contributed by atoms with Crippen molar-refractivity contribution in [2.24, 2.45) is 0 Å². The molecule has 0 fully saturated rings. The number of aliphatic carboxylic acids is 1.